The Morgan fingerprint density at radius 1 is 1.27 bits per heavy atom. The van der Waals surface area contributed by atoms with Crippen molar-refractivity contribution in [2.45, 2.75) is 11.3 Å². The molecule has 1 N–H and O–H groups in total. The van der Waals surface area contributed by atoms with Gasteiger partial charge < -0.3 is 19.5 Å². The molecule has 2 heterocycles. The van der Waals surface area contributed by atoms with Crippen LogP contribution in [0.1, 0.15) is 6.42 Å². The van der Waals surface area contributed by atoms with Crippen molar-refractivity contribution in [3.63, 3.8) is 0 Å². The Kier molecular flexibility index (Phi) is 6.27. The zero-order valence-electron chi connectivity index (χ0n) is 15.9. The van der Waals surface area contributed by atoms with E-state index in [2.05, 4.69) is 41.9 Å². The number of hydrogen-bond donors (Lipinski definition) is 1. The van der Waals surface area contributed by atoms with Gasteiger partial charge in [0.2, 0.25) is 5.91 Å². The lowest BCUT2D eigenvalue weighted by Gasteiger charge is -2.38. The second-order valence-corrected chi connectivity index (χ2v) is 8.64. The highest BCUT2D eigenvalue weighted by Gasteiger charge is 2.29. The fourth-order valence-corrected chi connectivity index (χ4v) is 4.98. The van der Waals surface area contributed by atoms with Gasteiger partial charge in [0.15, 0.2) is 0 Å². The highest BCUT2D eigenvalue weighted by atomic mass is 32.2. The minimum absolute atomic E-state index is 0.157. The van der Waals surface area contributed by atoms with Gasteiger partial charge in [0, 0.05) is 55.3 Å². The number of aryl methyl sites for hydroxylation is 1. The number of benzene rings is 1. The Balaban J connectivity index is 1.64. The molecule has 26 heavy (non-hydrogen) atoms. The van der Waals surface area contributed by atoms with Crippen molar-refractivity contribution in [1.29, 1.82) is 0 Å². The van der Waals surface area contributed by atoms with Crippen molar-refractivity contribution < 1.29 is 9.90 Å². The number of aliphatic hydroxyl groups excluding tert-OH is 1. The van der Waals surface area contributed by atoms with Crippen molar-refractivity contribution in [3.8, 4) is 0 Å². The van der Waals surface area contributed by atoms with Crippen LogP contribution in [0.3, 0.4) is 0 Å². The molecule has 6 heteroatoms. The third-order valence-electron chi connectivity index (χ3n) is 5.07. The predicted octanol–water partition coefficient (Wildman–Crippen LogP) is 2.29. The largest absolute Gasteiger partial charge is 0.396 e. The average molecular weight is 376 g/mol. The zero-order valence-corrected chi connectivity index (χ0v) is 16.7. The number of amides is 1. The van der Waals surface area contributed by atoms with E-state index in [0.29, 0.717) is 18.2 Å². The highest BCUT2D eigenvalue weighted by molar-refractivity contribution is 8.00. The van der Waals surface area contributed by atoms with Crippen molar-refractivity contribution in [2.75, 3.05) is 46.1 Å². The first-order valence-corrected chi connectivity index (χ1v) is 10.2. The molecule has 5 nitrogen and oxygen atoms in total. The maximum atomic E-state index is 12.8. The van der Waals surface area contributed by atoms with Gasteiger partial charge in [0.05, 0.1) is 5.75 Å². The van der Waals surface area contributed by atoms with Crippen LogP contribution >= 0.6 is 11.8 Å². The Morgan fingerprint density at radius 2 is 2.00 bits per heavy atom. The third-order valence-corrected chi connectivity index (χ3v) is 6.10. The standard InChI is InChI=1S/C20H29N3O2S/c1-21(2)9-15-8-16(13-24)11-23(10-15)20(25)14-26-19-12-22(3)18-7-5-4-6-17(18)19/h4-7,12,15-16,24H,8-11,13-14H2,1-3H3/t15-,16+/m0/s1. The van der Waals surface area contributed by atoms with E-state index in [4.69, 9.17) is 0 Å². The molecule has 1 aromatic heterocycles. The molecule has 0 aliphatic carbocycles. The monoisotopic (exact) mass is 375 g/mol. The summed E-state index contributed by atoms with van der Waals surface area (Å²) in [5, 5.41) is 10.8. The fraction of sp³-hybridized carbons (Fsp3) is 0.550. The molecule has 142 valence electrons. The summed E-state index contributed by atoms with van der Waals surface area (Å²) in [6.45, 7) is 2.58. The third kappa shape index (κ3) is 4.42. The molecule has 2 atom stereocenters. The summed E-state index contributed by atoms with van der Waals surface area (Å²) in [5.74, 6) is 1.24. The molecule has 3 rings (SSSR count). The highest BCUT2D eigenvalue weighted by Crippen LogP contribution is 2.30. The zero-order chi connectivity index (χ0) is 18.7. The summed E-state index contributed by atoms with van der Waals surface area (Å²) in [6, 6.07) is 8.29. The summed E-state index contributed by atoms with van der Waals surface area (Å²) in [6.07, 6.45) is 3.10. The van der Waals surface area contributed by atoms with Gasteiger partial charge >= 0.3 is 0 Å². The minimum atomic E-state index is 0.157. The number of rotatable bonds is 6. The van der Waals surface area contributed by atoms with Crippen LogP contribution in [0.4, 0.5) is 0 Å². The van der Waals surface area contributed by atoms with Gasteiger partial charge in [0.1, 0.15) is 0 Å². The average Bonchev–Trinajstić information content (AvgIpc) is 2.95. The number of para-hydroxylation sites is 1. The van der Waals surface area contributed by atoms with Crippen LogP contribution in [0.2, 0.25) is 0 Å². The predicted molar refractivity (Wildman–Crippen MR) is 107 cm³/mol. The van der Waals surface area contributed by atoms with Crippen LogP contribution in [0.15, 0.2) is 35.4 Å². The topological polar surface area (TPSA) is 48.7 Å². The summed E-state index contributed by atoms with van der Waals surface area (Å²) in [5.41, 5.74) is 1.19. The van der Waals surface area contributed by atoms with E-state index in [1.165, 1.54) is 10.9 Å². The Morgan fingerprint density at radius 3 is 2.73 bits per heavy atom. The summed E-state index contributed by atoms with van der Waals surface area (Å²) >= 11 is 1.61. The lowest BCUT2D eigenvalue weighted by atomic mass is 9.89. The van der Waals surface area contributed by atoms with E-state index in [9.17, 15) is 9.90 Å². The second-order valence-electron chi connectivity index (χ2n) is 7.62. The first kappa shape index (κ1) is 19.3. The van der Waals surface area contributed by atoms with Crippen LogP contribution in [0.5, 0.6) is 0 Å². The smallest absolute Gasteiger partial charge is 0.232 e. The van der Waals surface area contributed by atoms with Crippen molar-refractivity contribution in [1.82, 2.24) is 14.4 Å². The Labute approximate surface area is 160 Å². The molecule has 0 unspecified atom stereocenters. The van der Waals surface area contributed by atoms with Gasteiger partial charge in [-0.25, -0.2) is 0 Å². The Hall–Kier alpha value is -1.50. The van der Waals surface area contributed by atoms with Crippen molar-refractivity contribution in [3.05, 3.63) is 30.5 Å². The fourth-order valence-electron chi connectivity index (χ4n) is 3.95. The molecule has 1 saturated heterocycles. The molecule has 0 radical (unpaired) electrons. The van der Waals surface area contributed by atoms with Crippen molar-refractivity contribution >= 4 is 28.6 Å². The second kappa shape index (κ2) is 8.46. The van der Waals surface area contributed by atoms with Crippen LogP contribution in [-0.2, 0) is 11.8 Å². The van der Waals surface area contributed by atoms with Gasteiger partial charge in [-0.1, -0.05) is 18.2 Å². The van der Waals surface area contributed by atoms with E-state index < -0.39 is 0 Å². The molecular formula is C20H29N3O2S. The molecule has 1 aliphatic heterocycles. The van der Waals surface area contributed by atoms with Gasteiger partial charge in [-0.2, -0.15) is 0 Å². The molecule has 0 spiro atoms. The summed E-state index contributed by atoms with van der Waals surface area (Å²) in [4.78, 5) is 18.1. The first-order valence-electron chi connectivity index (χ1n) is 9.18. The summed E-state index contributed by atoms with van der Waals surface area (Å²) in [7, 11) is 6.16. The van der Waals surface area contributed by atoms with E-state index in [-0.39, 0.29) is 18.4 Å². The first-order chi connectivity index (χ1) is 12.5. The molecule has 1 fully saturated rings. The lowest BCUT2D eigenvalue weighted by molar-refractivity contribution is -0.131. The van der Waals surface area contributed by atoms with E-state index in [1.54, 1.807) is 11.8 Å². The number of aromatic nitrogens is 1. The van der Waals surface area contributed by atoms with Gasteiger partial charge in [-0.3, -0.25) is 4.79 Å². The molecular weight excluding hydrogens is 346 g/mol. The van der Waals surface area contributed by atoms with E-state index in [0.717, 1.165) is 24.4 Å². The van der Waals surface area contributed by atoms with Crippen LogP contribution < -0.4 is 0 Å². The maximum Gasteiger partial charge on any atom is 0.232 e. The quantitative estimate of drug-likeness (QED) is 0.787. The van der Waals surface area contributed by atoms with Gasteiger partial charge in [0.25, 0.3) is 0 Å². The molecule has 1 amide bonds. The van der Waals surface area contributed by atoms with Gasteiger partial charge in [-0.05, 0) is 38.4 Å². The maximum absolute atomic E-state index is 12.8. The number of thioether (sulfide) groups is 1. The van der Waals surface area contributed by atoms with Gasteiger partial charge in [-0.15, -0.1) is 11.8 Å². The number of nitrogens with zero attached hydrogens (tertiary/aromatic N) is 3. The van der Waals surface area contributed by atoms with Crippen molar-refractivity contribution in [2.24, 2.45) is 18.9 Å². The minimum Gasteiger partial charge on any atom is -0.396 e. The SMILES string of the molecule is CN(C)C[C@@H]1C[C@@H](CO)CN(C(=O)CSc2cn(C)c3ccccc23)C1. The number of carbonyl (C=O) groups is 1. The lowest BCUT2D eigenvalue weighted by Crippen LogP contribution is -2.47. The molecule has 0 bridgehead atoms. The Bertz CT molecular complexity index is 759. The van der Waals surface area contributed by atoms with Crippen LogP contribution in [0, 0.1) is 11.8 Å². The number of likely N-dealkylation sites (tertiary alicyclic amines) is 1. The van der Waals surface area contributed by atoms with Crippen LogP contribution in [0.25, 0.3) is 10.9 Å². The van der Waals surface area contributed by atoms with E-state index in [1.807, 2.05) is 24.1 Å². The molecule has 0 saturated carbocycles. The number of fused-ring (bicyclic) bond motifs is 1. The molecule has 2 aromatic rings. The molecule has 1 aromatic carbocycles. The number of carbonyl (C=O) groups excluding carboxylic acids is 1. The van der Waals surface area contributed by atoms with Crippen LogP contribution in [-0.4, -0.2) is 71.5 Å². The van der Waals surface area contributed by atoms with E-state index >= 15 is 0 Å². The molecule has 1 aliphatic rings. The normalized spacial score (nSPS) is 20.9. The number of aliphatic hydroxyl groups is 1. The number of hydrogen-bond acceptors (Lipinski definition) is 4. The number of piperidine rings is 1. The summed E-state index contributed by atoms with van der Waals surface area (Å²) < 4.78 is 2.11.